The Balaban J connectivity index is 2.38. The summed E-state index contributed by atoms with van der Waals surface area (Å²) in [6.07, 6.45) is 1.11. The highest BCUT2D eigenvalue weighted by atomic mass is 35.5. The van der Waals surface area contributed by atoms with Crippen LogP contribution in [0.4, 0.5) is 10.1 Å². The van der Waals surface area contributed by atoms with Crippen molar-refractivity contribution in [1.29, 1.82) is 0 Å². The van der Waals surface area contributed by atoms with Crippen molar-refractivity contribution in [3.8, 4) is 11.6 Å². The molecular weight excluding hydrogens is 249 g/mol. The highest BCUT2D eigenvalue weighted by Gasteiger charge is 2.11. The lowest BCUT2D eigenvalue weighted by molar-refractivity contribution is 0.426. The standard InChI is InChI=1S/C10H7ClFN3O2/c11-8-9(16)14-4-15-10(8)17-7-2-1-5(13)3-6(7)12/h1-4H,13H2,(H,14,15,16). The van der Waals surface area contributed by atoms with E-state index in [-0.39, 0.29) is 22.3 Å². The molecule has 2 aromatic rings. The van der Waals surface area contributed by atoms with Gasteiger partial charge in [-0.2, -0.15) is 0 Å². The van der Waals surface area contributed by atoms with Gasteiger partial charge in [0.15, 0.2) is 16.6 Å². The summed E-state index contributed by atoms with van der Waals surface area (Å²) in [6.45, 7) is 0. The van der Waals surface area contributed by atoms with Gasteiger partial charge in [0.2, 0.25) is 5.88 Å². The Morgan fingerprint density at radius 1 is 1.47 bits per heavy atom. The maximum atomic E-state index is 13.4. The first-order valence-corrected chi connectivity index (χ1v) is 4.92. The van der Waals surface area contributed by atoms with Crippen molar-refractivity contribution >= 4 is 17.3 Å². The van der Waals surface area contributed by atoms with E-state index in [1.165, 1.54) is 12.1 Å². The molecular formula is C10H7ClFN3O2. The normalized spacial score (nSPS) is 10.2. The van der Waals surface area contributed by atoms with Crippen molar-refractivity contribution in [3.05, 3.63) is 45.7 Å². The Morgan fingerprint density at radius 3 is 2.94 bits per heavy atom. The molecule has 2 rings (SSSR count). The summed E-state index contributed by atoms with van der Waals surface area (Å²) < 4.78 is 18.5. The van der Waals surface area contributed by atoms with Crippen LogP contribution in [0.3, 0.4) is 0 Å². The van der Waals surface area contributed by atoms with Gasteiger partial charge >= 0.3 is 0 Å². The molecule has 0 saturated carbocycles. The van der Waals surface area contributed by atoms with Crippen molar-refractivity contribution in [1.82, 2.24) is 9.97 Å². The van der Waals surface area contributed by atoms with Crippen LogP contribution in [-0.4, -0.2) is 9.97 Å². The summed E-state index contributed by atoms with van der Waals surface area (Å²) in [5.74, 6) is -0.943. The molecule has 0 atom stereocenters. The maximum Gasteiger partial charge on any atom is 0.273 e. The number of anilines is 1. The van der Waals surface area contributed by atoms with Gasteiger partial charge in [0.05, 0.1) is 6.33 Å². The molecule has 0 bridgehead atoms. The van der Waals surface area contributed by atoms with Crippen LogP contribution in [0.1, 0.15) is 0 Å². The Hall–Kier alpha value is -2.08. The lowest BCUT2D eigenvalue weighted by atomic mass is 10.3. The second-order valence-corrected chi connectivity index (χ2v) is 3.52. The SMILES string of the molecule is Nc1ccc(Oc2nc[nH]c(=O)c2Cl)c(F)c1. The fourth-order valence-corrected chi connectivity index (χ4v) is 1.28. The predicted molar refractivity (Wildman–Crippen MR) is 60.8 cm³/mol. The number of hydrogen-bond donors (Lipinski definition) is 2. The van der Waals surface area contributed by atoms with Gasteiger partial charge in [0.1, 0.15) is 0 Å². The van der Waals surface area contributed by atoms with E-state index in [0.717, 1.165) is 12.4 Å². The minimum atomic E-state index is -0.664. The van der Waals surface area contributed by atoms with Crippen molar-refractivity contribution in [2.24, 2.45) is 0 Å². The molecule has 1 heterocycles. The second kappa shape index (κ2) is 4.42. The van der Waals surface area contributed by atoms with E-state index in [1.807, 2.05) is 0 Å². The predicted octanol–water partition coefficient (Wildman–Crippen LogP) is 1.94. The third-order valence-corrected chi connectivity index (χ3v) is 2.26. The molecule has 1 aromatic carbocycles. The molecule has 0 radical (unpaired) electrons. The second-order valence-electron chi connectivity index (χ2n) is 3.14. The number of nitrogens with zero attached hydrogens (tertiary/aromatic N) is 1. The summed E-state index contributed by atoms with van der Waals surface area (Å²) in [5.41, 5.74) is 5.08. The van der Waals surface area contributed by atoms with Gasteiger partial charge in [-0.25, -0.2) is 9.37 Å². The molecule has 7 heteroatoms. The summed E-state index contributed by atoms with van der Waals surface area (Å²) in [5, 5.41) is -0.247. The molecule has 0 aliphatic heterocycles. The minimum Gasteiger partial charge on any atom is -0.434 e. The fraction of sp³-hybridized carbons (Fsp3) is 0. The summed E-state index contributed by atoms with van der Waals surface area (Å²) in [7, 11) is 0. The number of rotatable bonds is 2. The smallest absolute Gasteiger partial charge is 0.273 e. The number of H-pyrrole nitrogens is 1. The summed E-state index contributed by atoms with van der Waals surface area (Å²) in [4.78, 5) is 17.1. The zero-order valence-electron chi connectivity index (χ0n) is 8.41. The largest absolute Gasteiger partial charge is 0.434 e. The summed E-state index contributed by atoms with van der Waals surface area (Å²) in [6, 6.07) is 3.87. The van der Waals surface area contributed by atoms with Gasteiger partial charge in [-0.1, -0.05) is 11.6 Å². The first-order chi connectivity index (χ1) is 8.08. The lowest BCUT2D eigenvalue weighted by Gasteiger charge is -2.06. The molecule has 3 N–H and O–H groups in total. The van der Waals surface area contributed by atoms with Crippen LogP contribution < -0.4 is 16.0 Å². The fourth-order valence-electron chi connectivity index (χ4n) is 1.14. The first kappa shape index (κ1) is 11.4. The number of halogens is 2. The highest BCUT2D eigenvalue weighted by Crippen LogP contribution is 2.27. The monoisotopic (exact) mass is 255 g/mol. The number of aromatic amines is 1. The topological polar surface area (TPSA) is 81.0 Å². The molecule has 0 amide bonds. The van der Waals surface area contributed by atoms with Crippen molar-refractivity contribution in [3.63, 3.8) is 0 Å². The van der Waals surface area contributed by atoms with Crippen LogP contribution in [0.15, 0.2) is 29.3 Å². The highest BCUT2D eigenvalue weighted by molar-refractivity contribution is 6.31. The van der Waals surface area contributed by atoms with Crippen molar-refractivity contribution in [2.45, 2.75) is 0 Å². The Labute approximate surface area is 100 Å². The number of aromatic nitrogens is 2. The van der Waals surface area contributed by atoms with E-state index in [2.05, 4.69) is 9.97 Å². The minimum absolute atomic E-state index is 0.112. The van der Waals surface area contributed by atoms with Crippen LogP contribution in [0, 0.1) is 5.82 Å². The van der Waals surface area contributed by atoms with E-state index < -0.39 is 11.4 Å². The van der Waals surface area contributed by atoms with E-state index in [9.17, 15) is 9.18 Å². The zero-order valence-corrected chi connectivity index (χ0v) is 9.16. The van der Waals surface area contributed by atoms with Gasteiger partial charge in [-0.05, 0) is 12.1 Å². The van der Waals surface area contributed by atoms with Crippen LogP contribution in [0.2, 0.25) is 5.02 Å². The molecule has 0 saturated heterocycles. The van der Waals surface area contributed by atoms with Crippen LogP contribution in [0.25, 0.3) is 0 Å². The van der Waals surface area contributed by atoms with Gasteiger partial charge in [0.25, 0.3) is 5.56 Å². The molecule has 88 valence electrons. The molecule has 0 unspecified atom stereocenters. The molecule has 0 spiro atoms. The number of nitrogens with one attached hydrogen (secondary N) is 1. The number of ether oxygens (including phenoxy) is 1. The van der Waals surface area contributed by atoms with E-state index in [4.69, 9.17) is 22.1 Å². The van der Waals surface area contributed by atoms with Crippen LogP contribution in [0.5, 0.6) is 11.6 Å². The van der Waals surface area contributed by atoms with Crippen molar-refractivity contribution < 1.29 is 9.13 Å². The van der Waals surface area contributed by atoms with Gasteiger partial charge in [0, 0.05) is 11.8 Å². The quantitative estimate of drug-likeness (QED) is 0.804. The number of nitrogen functional groups attached to an aromatic ring is 1. The molecule has 1 aromatic heterocycles. The molecule has 0 aliphatic carbocycles. The van der Waals surface area contributed by atoms with Gasteiger partial charge in [-0.3, -0.25) is 4.79 Å². The Kier molecular flexibility index (Phi) is 2.97. The molecule has 0 aliphatic rings. The molecule has 0 fully saturated rings. The van der Waals surface area contributed by atoms with Gasteiger partial charge < -0.3 is 15.5 Å². The van der Waals surface area contributed by atoms with Crippen LogP contribution >= 0.6 is 11.6 Å². The third kappa shape index (κ3) is 2.36. The maximum absolute atomic E-state index is 13.4. The van der Waals surface area contributed by atoms with E-state index >= 15 is 0 Å². The summed E-state index contributed by atoms with van der Waals surface area (Å²) >= 11 is 5.65. The third-order valence-electron chi connectivity index (χ3n) is 1.93. The number of hydrogen-bond acceptors (Lipinski definition) is 4. The number of benzene rings is 1. The van der Waals surface area contributed by atoms with Crippen molar-refractivity contribution in [2.75, 3.05) is 5.73 Å². The lowest BCUT2D eigenvalue weighted by Crippen LogP contribution is -2.08. The average molecular weight is 256 g/mol. The van der Waals surface area contributed by atoms with E-state index in [0.29, 0.717) is 0 Å². The van der Waals surface area contributed by atoms with E-state index in [1.54, 1.807) is 0 Å². The number of nitrogens with two attached hydrogens (primary N) is 1. The zero-order chi connectivity index (χ0) is 12.4. The molecule has 17 heavy (non-hydrogen) atoms. The first-order valence-electron chi connectivity index (χ1n) is 4.54. The Morgan fingerprint density at radius 2 is 2.24 bits per heavy atom. The average Bonchev–Trinajstić information content (AvgIpc) is 2.28. The Bertz CT molecular complexity index is 615. The molecule has 5 nitrogen and oxygen atoms in total. The van der Waals surface area contributed by atoms with Gasteiger partial charge in [-0.15, -0.1) is 0 Å². The van der Waals surface area contributed by atoms with Crippen LogP contribution in [-0.2, 0) is 0 Å².